The molecule has 4 heterocycles. The van der Waals surface area contributed by atoms with Gasteiger partial charge in [-0.1, -0.05) is 0 Å². The highest BCUT2D eigenvalue weighted by Gasteiger charge is 2.14. The van der Waals surface area contributed by atoms with Crippen LogP contribution in [0.15, 0.2) is 30.9 Å². The zero-order valence-electron chi connectivity index (χ0n) is 12.7. The number of aryl methyl sites for hydroxylation is 1. The molecule has 0 unspecified atom stereocenters. The highest BCUT2D eigenvalue weighted by Crippen LogP contribution is 2.28. The van der Waals surface area contributed by atoms with Crippen molar-refractivity contribution in [2.45, 2.75) is 26.8 Å². The van der Waals surface area contributed by atoms with E-state index in [0.29, 0.717) is 6.04 Å². The summed E-state index contributed by atoms with van der Waals surface area (Å²) in [5, 5.41) is 0.974. The third-order valence-corrected chi connectivity index (χ3v) is 3.86. The van der Waals surface area contributed by atoms with Crippen molar-refractivity contribution in [3.8, 4) is 11.3 Å². The van der Waals surface area contributed by atoms with Crippen LogP contribution < -0.4 is 0 Å². The maximum Gasteiger partial charge on any atom is 0.160 e. The molecule has 0 fully saturated rings. The van der Waals surface area contributed by atoms with Crippen LogP contribution in [0.1, 0.15) is 25.7 Å². The summed E-state index contributed by atoms with van der Waals surface area (Å²) in [4.78, 5) is 20.9. The van der Waals surface area contributed by atoms with Gasteiger partial charge in [-0.3, -0.25) is 0 Å². The Bertz CT molecular complexity index is 979. The summed E-state index contributed by atoms with van der Waals surface area (Å²) in [6.07, 6.45) is 5.28. The van der Waals surface area contributed by atoms with Gasteiger partial charge in [-0.2, -0.15) is 0 Å². The summed E-state index contributed by atoms with van der Waals surface area (Å²) >= 11 is 0. The molecule has 0 saturated heterocycles. The van der Waals surface area contributed by atoms with Crippen LogP contribution in [0.25, 0.3) is 33.5 Å². The fourth-order valence-electron chi connectivity index (χ4n) is 2.93. The van der Waals surface area contributed by atoms with Crippen molar-refractivity contribution >= 4 is 22.2 Å². The van der Waals surface area contributed by atoms with Crippen LogP contribution in [0.2, 0.25) is 0 Å². The van der Waals surface area contributed by atoms with Gasteiger partial charge < -0.3 is 9.55 Å². The average Bonchev–Trinajstić information content (AvgIpc) is 3.06. The van der Waals surface area contributed by atoms with Crippen LogP contribution in [-0.4, -0.2) is 29.5 Å². The minimum atomic E-state index is 0.319. The fraction of sp³-hybridized carbons (Fsp3) is 0.250. The summed E-state index contributed by atoms with van der Waals surface area (Å²) in [7, 11) is 0. The number of pyridine rings is 1. The van der Waals surface area contributed by atoms with Gasteiger partial charge in [0.1, 0.15) is 23.3 Å². The topological polar surface area (TPSA) is 72.3 Å². The molecule has 0 aliphatic rings. The Hall–Kier alpha value is -2.76. The second-order valence-electron chi connectivity index (χ2n) is 5.65. The van der Waals surface area contributed by atoms with Crippen LogP contribution in [0, 0.1) is 6.92 Å². The Labute approximate surface area is 127 Å². The van der Waals surface area contributed by atoms with Crippen molar-refractivity contribution in [1.82, 2.24) is 29.5 Å². The Morgan fingerprint density at radius 1 is 1.18 bits per heavy atom. The molecule has 22 heavy (non-hydrogen) atoms. The number of nitrogens with one attached hydrogen (secondary N) is 1. The number of hydrogen-bond donors (Lipinski definition) is 1. The SMILES string of the molecule is Cc1nc2ccc(-c3c[nH]c4ncncc34)nc2n1C(C)C. The molecular formula is C16H16N6. The van der Waals surface area contributed by atoms with Gasteiger partial charge >= 0.3 is 0 Å². The Morgan fingerprint density at radius 3 is 2.86 bits per heavy atom. The van der Waals surface area contributed by atoms with E-state index in [1.54, 1.807) is 0 Å². The molecule has 4 rings (SSSR count). The third kappa shape index (κ3) is 1.80. The van der Waals surface area contributed by atoms with Crippen molar-refractivity contribution < 1.29 is 0 Å². The molecule has 0 saturated carbocycles. The first kappa shape index (κ1) is 12.9. The molecule has 6 nitrogen and oxygen atoms in total. The smallest absolute Gasteiger partial charge is 0.160 e. The van der Waals surface area contributed by atoms with Gasteiger partial charge in [0.2, 0.25) is 0 Å². The second-order valence-corrected chi connectivity index (χ2v) is 5.65. The number of H-pyrrole nitrogens is 1. The predicted octanol–water partition coefficient (Wildman–Crippen LogP) is 3.26. The van der Waals surface area contributed by atoms with Crippen LogP contribution in [0.3, 0.4) is 0 Å². The molecule has 0 radical (unpaired) electrons. The molecule has 4 aromatic heterocycles. The summed E-state index contributed by atoms with van der Waals surface area (Å²) in [5.41, 5.74) is 4.56. The molecule has 4 aromatic rings. The van der Waals surface area contributed by atoms with E-state index in [9.17, 15) is 0 Å². The van der Waals surface area contributed by atoms with Gasteiger partial charge in [-0.25, -0.2) is 19.9 Å². The largest absolute Gasteiger partial charge is 0.345 e. The van der Waals surface area contributed by atoms with Crippen molar-refractivity contribution in [2.75, 3.05) is 0 Å². The maximum absolute atomic E-state index is 4.83. The Balaban J connectivity index is 1.98. The molecule has 0 bridgehead atoms. The Morgan fingerprint density at radius 2 is 2.05 bits per heavy atom. The predicted molar refractivity (Wildman–Crippen MR) is 85.5 cm³/mol. The molecule has 1 N–H and O–H groups in total. The molecular weight excluding hydrogens is 276 g/mol. The number of nitrogens with zero attached hydrogens (tertiary/aromatic N) is 5. The quantitative estimate of drug-likeness (QED) is 0.615. The first-order chi connectivity index (χ1) is 10.6. The van der Waals surface area contributed by atoms with Crippen molar-refractivity contribution in [1.29, 1.82) is 0 Å². The number of hydrogen-bond acceptors (Lipinski definition) is 4. The Kier molecular flexibility index (Phi) is 2.72. The van der Waals surface area contributed by atoms with Gasteiger partial charge in [0.05, 0.1) is 5.69 Å². The first-order valence-corrected chi connectivity index (χ1v) is 7.28. The van der Waals surface area contributed by atoms with E-state index in [1.165, 1.54) is 6.33 Å². The number of aromatic amines is 1. The zero-order chi connectivity index (χ0) is 15.3. The van der Waals surface area contributed by atoms with E-state index in [0.717, 1.165) is 39.3 Å². The van der Waals surface area contributed by atoms with Crippen LogP contribution >= 0.6 is 0 Å². The number of fused-ring (bicyclic) bond motifs is 2. The van der Waals surface area contributed by atoms with E-state index >= 15 is 0 Å². The molecule has 0 aliphatic heterocycles. The lowest BCUT2D eigenvalue weighted by Gasteiger charge is -2.10. The minimum Gasteiger partial charge on any atom is -0.345 e. The zero-order valence-corrected chi connectivity index (χ0v) is 12.7. The van der Waals surface area contributed by atoms with E-state index in [-0.39, 0.29) is 0 Å². The summed E-state index contributed by atoms with van der Waals surface area (Å²) in [5.74, 6) is 0.983. The third-order valence-electron chi connectivity index (χ3n) is 3.86. The standard InChI is InChI=1S/C16H16N6/c1-9(2)22-10(3)20-14-5-4-13(21-16(14)22)11-7-18-15-12(11)6-17-8-19-15/h4-9H,1-3H3,(H,17,18,19). The lowest BCUT2D eigenvalue weighted by atomic mass is 10.1. The fourth-order valence-corrected chi connectivity index (χ4v) is 2.93. The molecule has 0 atom stereocenters. The maximum atomic E-state index is 4.83. The van der Waals surface area contributed by atoms with Crippen molar-refractivity contribution in [2.24, 2.45) is 0 Å². The highest BCUT2D eigenvalue weighted by atomic mass is 15.1. The van der Waals surface area contributed by atoms with E-state index in [2.05, 4.69) is 38.4 Å². The molecule has 0 spiro atoms. The van der Waals surface area contributed by atoms with E-state index in [1.807, 2.05) is 31.5 Å². The summed E-state index contributed by atoms with van der Waals surface area (Å²) in [6.45, 7) is 6.30. The molecule has 6 heteroatoms. The van der Waals surface area contributed by atoms with Gasteiger partial charge in [-0.05, 0) is 32.9 Å². The van der Waals surface area contributed by atoms with E-state index in [4.69, 9.17) is 4.98 Å². The van der Waals surface area contributed by atoms with Crippen LogP contribution in [0.5, 0.6) is 0 Å². The average molecular weight is 292 g/mol. The van der Waals surface area contributed by atoms with Gasteiger partial charge in [0, 0.05) is 29.4 Å². The van der Waals surface area contributed by atoms with Crippen molar-refractivity contribution in [3.05, 3.63) is 36.7 Å². The second kappa shape index (κ2) is 4.62. The lowest BCUT2D eigenvalue weighted by molar-refractivity contribution is 0.595. The molecule has 0 aliphatic carbocycles. The van der Waals surface area contributed by atoms with Crippen LogP contribution in [0.4, 0.5) is 0 Å². The number of aromatic nitrogens is 6. The molecule has 110 valence electrons. The van der Waals surface area contributed by atoms with Crippen molar-refractivity contribution in [3.63, 3.8) is 0 Å². The van der Waals surface area contributed by atoms with Gasteiger partial charge in [0.15, 0.2) is 5.65 Å². The normalized spacial score (nSPS) is 11.8. The van der Waals surface area contributed by atoms with Crippen LogP contribution in [-0.2, 0) is 0 Å². The number of rotatable bonds is 2. The van der Waals surface area contributed by atoms with Gasteiger partial charge in [-0.15, -0.1) is 0 Å². The monoisotopic (exact) mass is 292 g/mol. The van der Waals surface area contributed by atoms with Gasteiger partial charge in [0.25, 0.3) is 0 Å². The summed E-state index contributed by atoms with van der Waals surface area (Å²) in [6, 6.07) is 4.33. The molecule has 0 aromatic carbocycles. The minimum absolute atomic E-state index is 0.319. The summed E-state index contributed by atoms with van der Waals surface area (Å²) < 4.78 is 2.16. The number of imidazole rings is 1. The lowest BCUT2D eigenvalue weighted by Crippen LogP contribution is -2.04. The van der Waals surface area contributed by atoms with E-state index < -0.39 is 0 Å². The highest BCUT2D eigenvalue weighted by molar-refractivity contribution is 5.92. The molecule has 0 amide bonds. The first-order valence-electron chi connectivity index (χ1n) is 7.28.